The molecule has 0 radical (unpaired) electrons. The van der Waals surface area contributed by atoms with E-state index >= 15 is 0 Å². The highest BCUT2D eigenvalue weighted by molar-refractivity contribution is 6.05. The van der Waals surface area contributed by atoms with Gasteiger partial charge in [0.25, 0.3) is 11.8 Å². The van der Waals surface area contributed by atoms with Crippen LogP contribution in [0.15, 0.2) is 72.8 Å². The summed E-state index contributed by atoms with van der Waals surface area (Å²) in [6.07, 6.45) is 0. The Hall–Kier alpha value is -3.40. The lowest BCUT2D eigenvalue weighted by Crippen LogP contribution is -2.23. The van der Waals surface area contributed by atoms with Gasteiger partial charge >= 0.3 is 0 Å². The first-order valence-electron chi connectivity index (χ1n) is 8.84. The maximum Gasteiger partial charge on any atom is 0.255 e. The fraction of sp³-hybridized carbons (Fsp3) is 0.130. The van der Waals surface area contributed by atoms with Crippen molar-refractivity contribution in [3.63, 3.8) is 0 Å². The topological polar surface area (TPSA) is 58.2 Å². The molecular formula is C23H22N2O2. The van der Waals surface area contributed by atoms with Crippen molar-refractivity contribution in [3.8, 4) is 0 Å². The maximum absolute atomic E-state index is 12.5. The molecule has 0 aliphatic heterocycles. The number of hydrogen-bond donors (Lipinski definition) is 2. The zero-order chi connectivity index (χ0) is 19.2. The molecule has 3 aromatic carbocycles. The normalized spacial score (nSPS) is 10.3. The third kappa shape index (κ3) is 4.82. The molecule has 0 unspecified atom stereocenters. The number of carbonyl (C=O) groups is 2. The van der Waals surface area contributed by atoms with Gasteiger partial charge in [0.2, 0.25) is 0 Å². The van der Waals surface area contributed by atoms with Crippen LogP contribution < -0.4 is 10.6 Å². The number of nitrogens with one attached hydrogen (secondary N) is 2. The minimum atomic E-state index is -0.198. The summed E-state index contributed by atoms with van der Waals surface area (Å²) < 4.78 is 0. The number of carbonyl (C=O) groups excluding carboxylic acids is 2. The van der Waals surface area contributed by atoms with Crippen LogP contribution >= 0.6 is 0 Å². The molecule has 0 atom stereocenters. The van der Waals surface area contributed by atoms with Gasteiger partial charge in [-0.05, 0) is 49.2 Å². The van der Waals surface area contributed by atoms with Gasteiger partial charge in [-0.3, -0.25) is 9.59 Å². The number of amides is 2. The zero-order valence-corrected chi connectivity index (χ0v) is 15.5. The molecule has 0 aromatic heterocycles. The molecule has 0 spiro atoms. The van der Waals surface area contributed by atoms with E-state index in [-0.39, 0.29) is 11.8 Å². The van der Waals surface area contributed by atoms with Crippen LogP contribution in [0.4, 0.5) is 5.69 Å². The Balaban J connectivity index is 1.70. The molecule has 0 fully saturated rings. The molecule has 4 heteroatoms. The van der Waals surface area contributed by atoms with Gasteiger partial charge in [-0.15, -0.1) is 0 Å². The molecule has 27 heavy (non-hydrogen) atoms. The third-order valence-corrected chi connectivity index (χ3v) is 4.32. The van der Waals surface area contributed by atoms with Crippen LogP contribution in [0.25, 0.3) is 0 Å². The Morgan fingerprint density at radius 2 is 1.56 bits per heavy atom. The van der Waals surface area contributed by atoms with E-state index in [1.165, 1.54) is 0 Å². The summed E-state index contributed by atoms with van der Waals surface area (Å²) >= 11 is 0. The summed E-state index contributed by atoms with van der Waals surface area (Å²) in [6, 6.07) is 22.3. The van der Waals surface area contributed by atoms with Crippen LogP contribution in [0.5, 0.6) is 0 Å². The van der Waals surface area contributed by atoms with Gasteiger partial charge in [0.05, 0.1) is 0 Å². The lowest BCUT2D eigenvalue weighted by molar-refractivity contribution is 0.0949. The minimum absolute atomic E-state index is 0.174. The highest BCUT2D eigenvalue weighted by Gasteiger charge is 2.11. The second-order valence-corrected chi connectivity index (χ2v) is 6.52. The fourth-order valence-electron chi connectivity index (χ4n) is 2.79. The van der Waals surface area contributed by atoms with Gasteiger partial charge in [-0.25, -0.2) is 0 Å². The summed E-state index contributed by atoms with van der Waals surface area (Å²) in [4.78, 5) is 24.9. The summed E-state index contributed by atoms with van der Waals surface area (Å²) in [5.74, 6) is -0.372. The maximum atomic E-state index is 12.5. The van der Waals surface area contributed by atoms with Crippen molar-refractivity contribution < 1.29 is 9.59 Å². The zero-order valence-electron chi connectivity index (χ0n) is 15.5. The number of anilines is 1. The minimum Gasteiger partial charge on any atom is -0.348 e. The van der Waals surface area contributed by atoms with Crippen LogP contribution in [0.2, 0.25) is 0 Å². The monoisotopic (exact) mass is 358 g/mol. The van der Waals surface area contributed by atoms with Crippen molar-refractivity contribution in [2.24, 2.45) is 0 Å². The molecule has 0 bridgehead atoms. The van der Waals surface area contributed by atoms with Crippen molar-refractivity contribution in [3.05, 3.63) is 101 Å². The van der Waals surface area contributed by atoms with Crippen molar-refractivity contribution in [2.75, 3.05) is 5.32 Å². The summed E-state index contributed by atoms with van der Waals surface area (Å²) in [7, 11) is 0. The second kappa shape index (κ2) is 8.32. The van der Waals surface area contributed by atoms with Gasteiger partial charge < -0.3 is 10.6 Å². The van der Waals surface area contributed by atoms with Crippen molar-refractivity contribution in [1.82, 2.24) is 5.32 Å². The third-order valence-electron chi connectivity index (χ3n) is 4.32. The number of rotatable bonds is 5. The van der Waals surface area contributed by atoms with Crippen LogP contribution in [0, 0.1) is 13.8 Å². The second-order valence-electron chi connectivity index (χ2n) is 6.52. The number of benzene rings is 3. The largest absolute Gasteiger partial charge is 0.348 e. The van der Waals surface area contributed by atoms with Crippen LogP contribution in [0.1, 0.15) is 37.4 Å². The molecule has 4 nitrogen and oxygen atoms in total. The molecule has 0 aliphatic carbocycles. The first-order valence-corrected chi connectivity index (χ1v) is 8.84. The van der Waals surface area contributed by atoms with Gasteiger partial charge in [-0.2, -0.15) is 0 Å². The van der Waals surface area contributed by atoms with E-state index in [0.29, 0.717) is 23.4 Å². The van der Waals surface area contributed by atoms with Crippen LogP contribution in [-0.2, 0) is 6.54 Å². The Bertz CT molecular complexity index is 965. The Morgan fingerprint density at radius 3 is 2.30 bits per heavy atom. The molecule has 3 aromatic rings. The van der Waals surface area contributed by atoms with Gasteiger partial charge in [-0.1, -0.05) is 54.1 Å². The Morgan fingerprint density at radius 1 is 0.778 bits per heavy atom. The Kier molecular flexibility index (Phi) is 5.67. The number of aryl methyl sites for hydroxylation is 2. The first-order chi connectivity index (χ1) is 13.0. The SMILES string of the molecule is Cc1cccc(CNC(=O)c2ccc(C)c(NC(=O)c3ccccc3)c2)c1. The van der Waals surface area contributed by atoms with Crippen LogP contribution in [0.3, 0.4) is 0 Å². The highest BCUT2D eigenvalue weighted by atomic mass is 16.2. The van der Waals surface area contributed by atoms with Crippen molar-refractivity contribution >= 4 is 17.5 Å². The standard InChI is InChI=1S/C23H22N2O2/c1-16-7-6-8-18(13-16)15-24-22(26)20-12-11-17(2)21(14-20)25-23(27)19-9-4-3-5-10-19/h3-14H,15H2,1-2H3,(H,24,26)(H,25,27). The van der Waals surface area contributed by atoms with Crippen LogP contribution in [-0.4, -0.2) is 11.8 Å². The number of hydrogen-bond acceptors (Lipinski definition) is 2. The molecule has 2 N–H and O–H groups in total. The molecule has 2 amide bonds. The van der Waals surface area contributed by atoms with E-state index in [1.807, 2.05) is 62.4 Å². The van der Waals surface area contributed by atoms with E-state index in [4.69, 9.17) is 0 Å². The van der Waals surface area contributed by atoms with E-state index < -0.39 is 0 Å². The molecule has 3 rings (SSSR count). The molecule has 0 heterocycles. The van der Waals surface area contributed by atoms with Gasteiger partial charge in [0.1, 0.15) is 0 Å². The average Bonchev–Trinajstić information content (AvgIpc) is 2.68. The van der Waals surface area contributed by atoms with E-state index in [2.05, 4.69) is 10.6 Å². The first kappa shape index (κ1) is 18.4. The summed E-state index contributed by atoms with van der Waals surface area (Å²) in [5.41, 5.74) is 4.82. The molecular weight excluding hydrogens is 336 g/mol. The molecule has 0 aliphatic rings. The highest BCUT2D eigenvalue weighted by Crippen LogP contribution is 2.18. The molecule has 136 valence electrons. The lowest BCUT2D eigenvalue weighted by atomic mass is 10.1. The average molecular weight is 358 g/mol. The molecule has 0 saturated carbocycles. The summed E-state index contributed by atoms with van der Waals surface area (Å²) in [6.45, 7) is 4.38. The molecule has 0 saturated heterocycles. The summed E-state index contributed by atoms with van der Waals surface area (Å²) in [5, 5.41) is 5.81. The predicted molar refractivity (Wildman–Crippen MR) is 108 cm³/mol. The van der Waals surface area contributed by atoms with Gasteiger partial charge in [0.15, 0.2) is 0 Å². The quantitative estimate of drug-likeness (QED) is 0.706. The lowest BCUT2D eigenvalue weighted by Gasteiger charge is -2.11. The van der Waals surface area contributed by atoms with E-state index in [9.17, 15) is 9.59 Å². The Labute approximate surface area is 159 Å². The van der Waals surface area contributed by atoms with Crippen molar-refractivity contribution in [1.29, 1.82) is 0 Å². The van der Waals surface area contributed by atoms with E-state index in [1.54, 1.807) is 24.3 Å². The van der Waals surface area contributed by atoms with Gasteiger partial charge in [0, 0.05) is 23.4 Å². The predicted octanol–water partition coefficient (Wildman–Crippen LogP) is 4.49. The smallest absolute Gasteiger partial charge is 0.255 e. The van der Waals surface area contributed by atoms with E-state index in [0.717, 1.165) is 16.7 Å². The fourth-order valence-corrected chi connectivity index (χ4v) is 2.79. The van der Waals surface area contributed by atoms with Crippen molar-refractivity contribution in [2.45, 2.75) is 20.4 Å².